The summed E-state index contributed by atoms with van der Waals surface area (Å²) in [5.74, 6) is 0. The predicted octanol–water partition coefficient (Wildman–Crippen LogP) is 5.05. The smallest absolute Gasteiger partial charge is 0.197 e. The van der Waals surface area contributed by atoms with Gasteiger partial charge in [0.1, 0.15) is 0 Å². The molecule has 1 N–H and O–H groups in total. The normalized spacial score (nSPS) is 14.0. The lowest BCUT2D eigenvalue weighted by Gasteiger charge is -2.22. The molecule has 4 rings (SSSR count). The molecule has 3 nitrogen and oxygen atoms in total. The van der Waals surface area contributed by atoms with Crippen LogP contribution in [-0.4, -0.2) is 31.1 Å². The average molecular weight is 381 g/mol. The zero-order chi connectivity index (χ0) is 18.8. The largest absolute Gasteiger partial charge is 0.383 e. The lowest BCUT2D eigenvalue weighted by molar-refractivity contribution is 0.316. The molecule has 0 atom stereocenters. The van der Waals surface area contributed by atoms with Crippen LogP contribution in [-0.2, 0) is 12.8 Å². The summed E-state index contributed by atoms with van der Waals surface area (Å²) in [6.07, 6.45) is 4.70. The van der Waals surface area contributed by atoms with Crippen molar-refractivity contribution in [1.29, 1.82) is 0 Å². The van der Waals surface area contributed by atoms with E-state index in [1.54, 1.807) is 11.3 Å². The Labute approximate surface area is 165 Å². The second-order valence-corrected chi connectivity index (χ2v) is 8.41. The minimum atomic E-state index is 0.179. The van der Waals surface area contributed by atoms with Crippen LogP contribution >= 0.6 is 11.3 Å². The van der Waals surface area contributed by atoms with E-state index in [9.17, 15) is 4.79 Å². The Morgan fingerprint density at radius 2 is 1.89 bits per heavy atom. The van der Waals surface area contributed by atoms with Crippen molar-refractivity contribution in [1.82, 2.24) is 4.90 Å². The van der Waals surface area contributed by atoms with Crippen LogP contribution in [0.1, 0.15) is 37.8 Å². The number of hydrogen-bond donors (Lipinski definition) is 1. The van der Waals surface area contributed by atoms with Gasteiger partial charge in [-0.3, -0.25) is 4.79 Å². The van der Waals surface area contributed by atoms with E-state index in [0.717, 1.165) is 60.2 Å². The van der Waals surface area contributed by atoms with Crippen LogP contribution in [0.2, 0.25) is 0 Å². The van der Waals surface area contributed by atoms with Crippen molar-refractivity contribution in [2.24, 2.45) is 0 Å². The zero-order valence-electron chi connectivity index (χ0n) is 16.3. The van der Waals surface area contributed by atoms with E-state index in [1.165, 1.54) is 28.7 Å². The Balaban J connectivity index is 1.84. The Kier molecular flexibility index (Phi) is 5.46. The fraction of sp³-hybridized carbons (Fsp3) is 0.435. The molecule has 0 radical (unpaired) electrons. The Morgan fingerprint density at radius 1 is 1.11 bits per heavy atom. The van der Waals surface area contributed by atoms with Gasteiger partial charge < -0.3 is 10.2 Å². The fourth-order valence-corrected chi connectivity index (χ4v) is 5.52. The minimum Gasteiger partial charge on any atom is -0.383 e. The monoisotopic (exact) mass is 380 g/mol. The van der Waals surface area contributed by atoms with Crippen molar-refractivity contribution in [2.45, 2.75) is 39.5 Å². The average Bonchev–Trinajstić information content (AvgIpc) is 2.71. The summed E-state index contributed by atoms with van der Waals surface area (Å²) in [4.78, 5) is 15.8. The Hall–Kier alpha value is -1.91. The van der Waals surface area contributed by atoms with E-state index in [4.69, 9.17) is 0 Å². The first-order valence-electron chi connectivity index (χ1n) is 10.2. The van der Waals surface area contributed by atoms with Crippen molar-refractivity contribution in [3.63, 3.8) is 0 Å². The highest BCUT2D eigenvalue weighted by Gasteiger charge is 2.19. The highest BCUT2D eigenvalue weighted by Crippen LogP contribution is 2.37. The molecule has 3 aromatic rings. The molecule has 142 valence electrons. The molecule has 0 aliphatic heterocycles. The van der Waals surface area contributed by atoms with Crippen molar-refractivity contribution in [3.05, 3.63) is 51.7 Å². The topological polar surface area (TPSA) is 32.3 Å². The van der Waals surface area contributed by atoms with Gasteiger partial charge in [-0.1, -0.05) is 26.0 Å². The molecule has 0 unspecified atom stereocenters. The highest BCUT2D eigenvalue weighted by molar-refractivity contribution is 7.24. The number of anilines is 1. The standard InChI is InChI=1S/C23H28N2OS/c1-3-25(4-2)14-13-24-19-15-16-9-5-6-10-17(16)23-21(19)22(26)18-11-7-8-12-20(18)27-23/h7-8,11-12,15,24H,3-6,9-10,13-14H2,1-2H3. The maximum Gasteiger partial charge on any atom is 0.197 e. The maximum absolute atomic E-state index is 13.4. The molecule has 1 aliphatic rings. The lowest BCUT2D eigenvalue weighted by atomic mass is 9.90. The summed E-state index contributed by atoms with van der Waals surface area (Å²) in [6, 6.07) is 10.3. The number of likely N-dealkylation sites (N-methyl/N-ethyl adjacent to an activating group) is 1. The molecule has 1 aliphatic carbocycles. The minimum absolute atomic E-state index is 0.179. The third-order valence-electron chi connectivity index (χ3n) is 5.81. The van der Waals surface area contributed by atoms with Crippen LogP contribution in [0.5, 0.6) is 0 Å². The predicted molar refractivity (Wildman–Crippen MR) is 119 cm³/mol. The number of nitrogens with zero attached hydrogens (tertiary/aromatic N) is 1. The first kappa shape index (κ1) is 18.5. The molecule has 0 saturated heterocycles. The number of aryl methyl sites for hydroxylation is 2. The fourth-order valence-electron chi connectivity index (χ4n) is 4.22. The van der Waals surface area contributed by atoms with Gasteiger partial charge in [0.2, 0.25) is 0 Å². The van der Waals surface area contributed by atoms with E-state index in [1.807, 2.05) is 18.2 Å². The van der Waals surface area contributed by atoms with Crippen molar-refractivity contribution in [2.75, 3.05) is 31.5 Å². The van der Waals surface area contributed by atoms with Gasteiger partial charge in [0, 0.05) is 33.6 Å². The molecular weight excluding hydrogens is 352 g/mol. The third-order valence-corrected chi connectivity index (χ3v) is 7.04. The van der Waals surface area contributed by atoms with Gasteiger partial charge in [-0.15, -0.1) is 11.3 Å². The molecule has 27 heavy (non-hydrogen) atoms. The summed E-state index contributed by atoms with van der Waals surface area (Å²) in [7, 11) is 0. The molecule has 0 bridgehead atoms. The van der Waals surface area contributed by atoms with Crippen molar-refractivity contribution >= 4 is 37.2 Å². The van der Waals surface area contributed by atoms with Gasteiger partial charge in [0.15, 0.2) is 5.43 Å². The molecular formula is C23H28N2OS. The lowest BCUT2D eigenvalue weighted by Crippen LogP contribution is -2.28. The summed E-state index contributed by atoms with van der Waals surface area (Å²) in [5, 5.41) is 5.35. The molecule has 1 heterocycles. The van der Waals surface area contributed by atoms with Crippen LogP contribution in [0.3, 0.4) is 0 Å². The molecule has 2 aromatic carbocycles. The zero-order valence-corrected chi connectivity index (χ0v) is 17.1. The SMILES string of the molecule is CCN(CC)CCNc1cc2c(c3sc4ccccc4c(=O)c13)CCCC2. The number of benzene rings is 2. The van der Waals surface area contributed by atoms with Crippen molar-refractivity contribution < 1.29 is 0 Å². The molecule has 0 fully saturated rings. The van der Waals surface area contributed by atoms with Gasteiger partial charge >= 0.3 is 0 Å². The van der Waals surface area contributed by atoms with E-state index < -0.39 is 0 Å². The summed E-state index contributed by atoms with van der Waals surface area (Å²) in [5.41, 5.74) is 4.06. The second-order valence-electron chi connectivity index (χ2n) is 7.35. The number of hydrogen-bond acceptors (Lipinski definition) is 4. The highest BCUT2D eigenvalue weighted by atomic mass is 32.1. The first-order chi connectivity index (χ1) is 13.2. The summed E-state index contributed by atoms with van der Waals surface area (Å²) >= 11 is 1.79. The molecule has 0 amide bonds. The molecule has 0 saturated carbocycles. The van der Waals surface area contributed by atoms with Gasteiger partial charge in [-0.05, 0) is 68.1 Å². The number of nitrogens with one attached hydrogen (secondary N) is 1. The van der Waals surface area contributed by atoms with E-state index >= 15 is 0 Å². The van der Waals surface area contributed by atoms with Crippen LogP contribution in [0.15, 0.2) is 35.1 Å². The van der Waals surface area contributed by atoms with Crippen LogP contribution in [0.4, 0.5) is 5.69 Å². The van der Waals surface area contributed by atoms with Crippen molar-refractivity contribution in [3.8, 4) is 0 Å². The molecule has 0 spiro atoms. The van der Waals surface area contributed by atoms with Gasteiger partial charge in [0.05, 0.1) is 5.39 Å². The molecule has 1 aromatic heterocycles. The number of rotatable bonds is 6. The maximum atomic E-state index is 13.4. The first-order valence-corrected chi connectivity index (χ1v) is 11.0. The Bertz CT molecular complexity index is 1020. The van der Waals surface area contributed by atoms with E-state index in [0.29, 0.717) is 0 Å². The Morgan fingerprint density at radius 3 is 2.70 bits per heavy atom. The second kappa shape index (κ2) is 7.99. The third kappa shape index (κ3) is 3.48. The van der Waals surface area contributed by atoms with Crippen LogP contribution in [0, 0.1) is 0 Å². The molecule has 4 heteroatoms. The quantitative estimate of drug-likeness (QED) is 0.608. The summed E-state index contributed by atoms with van der Waals surface area (Å²) < 4.78 is 2.31. The van der Waals surface area contributed by atoms with Gasteiger partial charge in [0.25, 0.3) is 0 Å². The summed E-state index contributed by atoms with van der Waals surface area (Å²) in [6.45, 7) is 8.37. The van der Waals surface area contributed by atoms with Crippen LogP contribution in [0.25, 0.3) is 20.2 Å². The van der Waals surface area contributed by atoms with Gasteiger partial charge in [-0.25, -0.2) is 0 Å². The van der Waals surface area contributed by atoms with Gasteiger partial charge in [-0.2, -0.15) is 0 Å². The number of fused-ring (bicyclic) bond motifs is 4. The van der Waals surface area contributed by atoms with E-state index in [-0.39, 0.29) is 5.43 Å². The van der Waals surface area contributed by atoms with Crippen LogP contribution < -0.4 is 10.7 Å². The van der Waals surface area contributed by atoms with E-state index in [2.05, 4.69) is 36.2 Å².